The SMILES string of the molecule is COc1ccc2cc1OCCCC(=O)N1CCN(CC1)Cc1c[nH]c3ncnc(c13)N2. The third-order valence-corrected chi connectivity index (χ3v) is 5.89. The Kier molecular flexibility index (Phi) is 5.33. The van der Waals surface area contributed by atoms with Crippen molar-refractivity contribution in [3.63, 3.8) is 0 Å². The van der Waals surface area contributed by atoms with Crippen molar-refractivity contribution < 1.29 is 14.3 Å². The van der Waals surface area contributed by atoms with Crippen LogP contribution in [0.4, 0.5) is 11.5 Å². The highest BCUT2D eigenvalue weighted by Crippen LogP contribution is 2.33. The molecule has 2 aromatic heterocycles. The predicted octanol–water partition coefficient (Wildman–Crippen LogP) is 2.53. The van der Waals surface area contributed by atoms with Crippen molar-refractivity contribution in [3.05, 3.63) is 36.3 Å². The molecule has 2 N–H and O–H groups in total. The average Bonchev–Trinajstić information content (AvgIpc) is 3.20. The molecule has 1 fully saturated rings. The quantitative estimate of drug-likeness (QED) is 0.622. The summed E-state index contributed by atoms with van der Waals surface area (Å²) in [6.07, 6.45) is 4.70. The van der Waals surface area contributed by atoms with E-state index in [4.69, 9.17) is 9.47 Å². The average molecular weight is 422 g/mol. The van der Waals surface area contributed by atoms with E-state index in [-0.39, 0.29) is 5.91 Å². The van der Waals surface area contributed by atoms with Gasteiger partial charge in [0.2, 0.25) is 5.91 Å². The molecule has 3 aliphatic heterocycles. The number of methoxy groups -OCH3 is 1. The number of aromatic amines is 1. The van der Waals surface area contributed by atoms with Crippen LogP contribution in [0.2, 0.25) is 0 Å². The van der Waals surface area contributed by atoms with E-state index in [1.54, 1.807) is 13.4 Å². The maximum absolute atomic E-state index is 12.6. The summed E-state index contributed by atoms with van der Waals surface area (Å²) in [6.45, 7) is 4.43. The molecular weight excluding hydrogens is 396 g/mol. The highest BCUT2D eigenvalue weighted by molar-refractivity contribution is 5.92. The minimum Gasteiger partial charge on any atom is -0.493 e. The van der Waals surface area contributed by atoms with Crippen LogP contribution in [0.1, 0.15) is 18.4 Å². The second kappa shape index (κ2) is 8.43. The monoisotopic (exact) mass is 422 g/mol. The fourth-order valence-electron chi connectivity index (χ4n) is 4.21. The number of piperazine rings is 1. The maximum atomic E-state index is 12.6. The smallest absolute Gasteiger partial charge is 0.222 e. The fourth-order valence-corrected chi connectivity index (χ4v) is 4.21. The Bertz CT molecular complexity index is 1090. The molecule has 1 saturated heterocycles. The van der Waals surface area contributed by atoms with E-state index in [9.17, 15) is 4.79 Å². The molecule has 5 heterocycles. The minimum absolute atomic E-state index is 0.192. The number of ether oxygens (including phenoxy) is 2. The summed E-state index contributed by atoms with van der Waals surface area (Å²) in [4.78, 5) is 29.1. The molecule has 0 aliphatic carbocycles. The summed E-state index contributed by atoms with van der Waals surface area (Å²) in [5.41, 5.74) is 2.77. The van der Waals surface area contributed by atoms with Gasteiger partial charge >= 0.3 is 0 Å². The molecule has 0 saturated carbocycles. The first-order valence-electron chi connectivity index (χ1n) is 10.6. The van der Waals surface area contributed by atoms with Gasteiger partial charge in [-0.1, -0.05) is 0 Å². The molecule has 4 bridgehead atoms. The Balaban J connectivity index is 1.53. The molecule has 0 spiro atoms. The fraction of sp³-hybridized carbons (Fsp3) is 0.409. The van der Waals surface area contributed by atoms with E-state index in [0.29, 0.717) is 30.9 Å². The van der Waals surface area contributed by atoms with E-state index >= 15 is 0 Å². The standard InChI is InChI=1S/C22H26N6O3/c1-30-17-5-4-16-11-18(17)31-10-2-3-19(29)28-8-6-27(7-9-28)13-15-12-23-21-20(15)22(26-16)25-14-24-21/h4-5,11-12,14H,2-3,6-10,13H2,1H3,(H2,23,24,25,26). The zero-order valence-electron chi connectivity index (χ0n) is 17.6. The molecule has 1 aromatic carbocycles. The lowest BCUT2D eigenvalue weighted by atomic mass is 10.2. The third-order valence-electron chi connectivity index (χ3n) is 5.89. The molecule has 0 radical (unpaired) electrons. The van der Waals surface area contributed by atoms with Crippen LogP contribution in [0.25, 0.3) is 11.0 Å². The first-order valence-corrected chi connectivity index (χ1v) is 10.6. The Labute approximate surface area is 180 Å². The van der Waals surface area contributed by atoms with Crippen LogP contribution in [-0.4, -0.2) is 70.6 Å². The van der Waals surface area contributed by atoms with E-state index in [2.05, 4.69) is 25.2 Å². The highest BCUT2D eigenvalue weighted by atomic mass is 16.5. The summed E-state index contributed by atoms with van der Waals surface area (Å²) in [5.74, 6) is 2.23. The van der Waals surface area contributed by atoms with E-state index in [1.807, 2.05) is 29.3 Å². The molecule has 9 nitrogen and oxygen atoms in total. The molecule has 3 aliphatic rings. The largest absolute Gasteiger partial charge is 0.493 e. The number of H-pyrrole nitrogens is 1. The molecule has 0 unspecified atom stereocenters. The number of amides is 1. The summed E-state index contributed by atoms with van der Waals surface area (Å²) >= 11 is 0. The lowest BCUT2D eigenvalue weighted by Crippen LogP contribution is -2.48. The van der Waals surface area contributed by atoms with Gasteiger partial charge in [0, 0.05) is 57.1 Å². The number of carbonyl (C=O) groups excluding carboxylic acids is 1. The lowest BCUT2D eigenvalue weighted by Gasteiger charge is -2.34. The summed E-state index contributed by atoms with van der Waals surface area (Å²) < 4.78 is 11.4. The van der Waals surface area contributed by atoms with Gasteiger partial charge in [-0.15, -0.1) is 0 Å². The van der Waals surface area contributed by atoms with Gasteiger partial charge in [-0.25, -0.2) is 9.97 Å². The van der Waals surface area contributed by atoms with Crippen molar-refractivity contribution in [1.29, 1.82) is 0 Å². The molecule has 6 rings (SSSR count). The zero-order valence-corrected chi connectivity index (χ0v) is 17.6. The zero-order chi connectivity index (χ0) is 21.2. The number of aromatic nitrogens is 3. The number of hydrogen-bond acceptors (Lipinski definition) is 7. The van der Waals surface area contributed by atoms with Gasteiger partial charge in [-0.2, -0.15) is 0 Å². The van der Waals surface area contributed by atoms with Gasteiger partial charge in [-0.05, 0) is 24.1 Å². The van der Waals surface area contributed by atoms with Gasteiger partial charge in [0.25, 0.3) is 0 Å². The van der Waals surface area contributed by atoms with Crippen molar-refractivity contribution in [2.45, 2.75) is 19.4 Å². The molecule has 3 aromatic rings. The van der Waals surface area contributed by atoms with Crippen LogP contribution < -0.4 is 14.8 Å². The van der Waals surface area contributed by atoms with Crippen molar-refractivity contribution in [2.24, 2.45) is 0 Å². The van der Waals surface area contributed by atoms with Crippen molar-refractivity contribution >= 4 is 28.4 Å². The Morgan fingerprint density at radius 1 is 1.16 bits per heavy atom. The maximum Gasteiger partial charge on any atom is 0.222 e. The van der Waals surface area contributed by atoms with Crippen molar-refractivity contribution in [1.82, 2.24) is 24.8 Å². The first-order chi connectivity index (χ1) is 15.2. The normalized spacial score (nSPS) is 17.8. The molecule has 9 heteroatoms. The predicted molar refractivity (Wildman–Crippen MR) is 117 cm³/mol. The molecule has 1 amide bonds. The summed E-state index contributed by atoms with van der Waals surface area (Å²) in [5, 5.41) is 4.40. The van der Waals surface area contributed by atoms with Crippen LogP contribution in [0, 0.1) is 0 Å². The number of carbonyl (C=O) groups is 1. The Morgan fingerprint density at radius 3 is 2.87 bits per heavy atom. The van der Waals surface area contributed by atoms with Gasteiger partial charge in [0.15, 0.2) is 11.5 Å². The van der Waals surface area contributed by atoms with E-state index < -0.39 is 0 Å². The number of hydrogen-bond donors (Lipinski definition) is 2. The molecular formula is C22H26N6O3. The van der Waals surface area contributed by atoms with Gasteiger partial charge in [0.1, 0.15) is 17.8 Å². The number of benzene rings is 1. The van der Waals surface area contributed by atoms with E-state index in [0.717, 1.165) is 60.8 Å². The molecule has 162 valence electrons. The van der Waals surface area contributed by atoms with E-state index in [1.165, 1.54) is 0 Å². The van der Waals surface area contributed by atoms with Crippen LogP contribution in [0.5, 0.6) is 11.5 Å². The van der Waals surface area contributed by atoms with Gasteiger partial charge < -0.3 is 24.7 Å². The van der Waals surface area contributed by atoms with Crippen molar-refractivity contribution in [3.8, 4) is 11.5 Å². The number of nitrogens with zero attached hydrogens (tertiary/aromatic N) is 4. The number of nitrogens with one attached hydrogen (secondary N) is 2. The van der Waals surface area contributed by atoms with Gasteiger partial charge in [0.05, 0.1) is 19.1 Å². The van der Waals surface area contributed by atoms with Crippen LogP contribution in [-0.2, 0) is 11.3 Å². The molecule has 31 heavy (non-hydrogen) atoms. The van der Waals surface area contributed by atoms with Crippen LogP contribution >= 0.6 is 0 Å². The topological polar surface area (TPSA) is 95.6 Å². The highest BCUT2D eigenvalue weighted by Gasteiger charge is 2.23. The summed E-state index contributed by atoms with van der Waals surface area (Å²) in [6, 6.07) is 5.70. The second-order valence-electron chi connectivity index (χ2n) is 7.86. The number of rotatable bonds is 1. The number of fused-ring (bicyclic) bond motifs is 6. The van der Waals surface area contributed by atoms with Gasteiger partial charge in [-0.3, -0.25) is 9.69 Å². The third kappa shape index (κ3) is 4.00. The minimum atomic E-state index is 0.192. The van der Waals surface area contributed by atoms with Crippen molar-refractivity contribution in [2.75, 3.05) is 45.2 Å². The van der Waals surface area contributed by atoms with Crippen LogP contribution in [0.3, 0.4) is 0 Å². The summed E-state index contributed by atoms with van der Waals surface area (Å²) in [7, 11) is 1.62. The lowest BCUT2D eigenvalue weighted by molar-refractivity contribution is -0.133. The van der Waals surface area contributed by atoms with Crippen LogP contribution in [0.15, 0.2) is 30.7 Å². The first kappa shape index (κ1) is 19.6. The molecule has 0 atom stereocenters. The Hall–Kier alpha value is -3.33. The second-order valence-corrected chi connectivity index (χ2v) is 7.86. The number of anilines is 2. The Morgan fingerprint density at radius 2 is 2.03 bits per heavy atom.